The van der Waals surface area contributed by atoms with Crippen molar-refractivity contribution in [2.45, 2.75) is 39.0 Å². The number of halogens is 1. The number of ether oxygens (including phenoxy) is 2. The number of nitrogens with one attached hydrogen (secondary N) is 1. The predicted molar refractivity (Wildman–Crippen MR) is 106 cm³/mol. The van der Waals surface area contributed by atoms with E-state index in [1.54, 1.807) is 19.2 Å². The molecule has 0 saturated carbocycles. The highest BCUT2D eigenvalue weighted by Crippen LogP contribution is 2.29. The minimum Gasteiger partial charge on any atom is -0.493 e. The van der Waals surface area contributed by atoms with E-state index in [-0.39, 0.29) is 5.82 Å². The normalized spacial score (nSPS) is 17.2. The standard InChI is InChI=1S/C22H29FN2O2/c1-3-25-12-4-5-20(25)15-24-14-18-8-11-21(22(13-18)26-2)27-16-17-6-9-19(23)10-7-17/h6-11,13,20,24H,3-5,12,14-16H2,1-2H3. The van der Waals surface area contributed by atoms with Gasteiger partial charge in [0.25, 0.3) is 0 Å². The molecule has 0 amide bonds. The molecule has 1 fully saturated rings. The third-order valence-electron chi connectivity index (χ3n) is 5.15. The van der Waals surface area contributed by atoms with Crippen molar-refractivity contribution >= 4 is 0 Å². The van der Waals surface area contributed by atoms with Gasteiger partial charge in [-0.05, 0) is 61.3 Å². The zero-order valence-electron chi connectivity index (χ0n) is 16.2. The molecule has 0 radical (unpaired) electrons. The van der Waals surface area contributed by atoms with Crippen molar-refractivity contribution in [3.63, 3.8) is 0 Å². The van der Waals surface area contributed by atoms with Crippen molar-refractivity contribution < 1.29 is 13.9 Å². The number of hydrogen-bond acceptors (Lipinski definition) is 4. The largest absolute Gasteiger partial charge is 0.493 e. The Labute approximate surface area is 161 Å². The molecule has 146 valence electrons. The first kappa shape index (κ1) is 19.6. The molecule has 2 aromatic carbocycles. The van der Waals surface area contributed by atoms with Gasteiger partial charge in [0.15, 0.2) is 11.5 Å². The molecule has 0 aromatic heterocycles. The molecular formula is C22H29FN2O2. The first-order valence-electron chi connectivity index (χ1n) is 9.68. The van der Waals surface area contributed by atoms with Gasteiger partial charge in [-0.25, -0.2) is 4.39 Å². The number of likely N-dealkylation sites (N-methyl/N-ethyl adjacent to an activating group) is 1. The van der Waals surface area contributed by atoms with E-state index in [0.29, 0.717) is 24.1 Å². The predicted octanol–water partition coefficient (Wildman–Crippen LogP) is 3.99. The van der Waals surface area contributed by atoms with E-state index in [4.69, 9.17) is 9.47 Å². The van der Waals surface area contributed by atoms with Crippen LogP contribution in [0.5, 0.6) is 11.5 Å². The van der Waals surface area contributed by atoms with Crippen molar-refractivity contribution in [3.05, 3.63) is 59.4 Å². The van der Waals surface area contributed by atoms with Crippen LogP contribution < -0.4 is 14.8 Å². The van der Waals surface area contributed by atoms with Gasteiger partial charge in [0.1, 0.15) is 12.4 Å². The van der Waals surface area contributed by atoms with Gasteiger partial charge in [0.2, 0.25) is 0 Å². The van der Waals surface area contributed by atoms with Crippen LogP contribution in [0.25, 0.3) is 0 Å². The zero-order chi connectivity index (χ0) is 19.1. The summed E-state index contributed by atoms with van der Waals surface area (Å²) in [5, 5.41) is 3.57. The smallest absolute Gasteiger partial charge is 0.161 e. The average molecular weight is 372 g/mol. The van der Waals surface area contributed by atoms with E-state index in [2.05, 4.69) is 23.2 Å². The van der Waals surface area contributed by atoms with Crippen molar-refractivity contribution in [3.8, 4) is 11.5 Å². The Morgan fingerprint density at radius 3 is 2.63 bits per heavy atom. The Bertz CT molecular complexity index is 721. The molecule has 5 heteroatoms. The van der Waals surface area contributed by atoms with Gasteiger partial charge in [0.05, 0.1) is 7.11 Å². The number of likely N-dealkylation sites (tertiary alicyclic amines) is 1. The molecule has 0 aliphatic carbocycles. The molecule has 1 aliphatic rings. The number of hydrogen-bond donors (Lipinski definition) is 1. The van der Waals surface area contributed by atoms with E-state index in [0.717, 1.165) is 25.2 Å². The molecule has 1 atom stereocenters. The highest BCUT2D eigenvalue weighted by atomic mass is 19.1. The van der Waals surface area contributed by atoms with Gasteiger partial charge in [-0.15, -0.1) is 0 Å². The van der Waals surface area contributed by atoms with Crippen LogP contribution in [-0.4, -0.2) is 37.7 Å². The summed E-state index contributed by atoms with van der Waals surface area (Å²) in [6.07, 6.45) is 2.58. The van der Waals surface area contributed by atoms with Crippen LogP contribution in [-0.2, 0) is 13.2 Å². The van der Waals surface area contributed by atoms with E-state index >= 15 is 0 Å². The number of benzene rings is 2. The first-order valence-corrected chi connectivity index (χ1v) is 9.68. The quantitative estimate of drug-likeness (QED) is 0.722. The second-order valence-electron chi connectivity index (χ2n) is 6.96. The zero-order valence-corrected chi connectivity index (χ0v) is 16.2. The van der Waals surface area contributed by atoms with E-state index in [1.807, 2.05) is 12.1 Å². The van der Waals surface area contributed by atoms with Crippen molar-refractivity contribution in [2.75, 3.05) is 26.7 Å². The molecule has 1 N–H and O–H groups in total. The molecule has 27 heavy (non-hydrogen) atoms. The molecule has 1 unspecified atom stereocenters. The Balaban J connectivity index is 1.53. The molecular weight excluding hydrogens is 343 g/mol. The molecule has 2 aromatic rings. The van der Waals surface area contributed by atoms with Gasteiger partial charge in [-0.1, -0.05) is 25.1 Å². The van der Waals surface area contributed by atoms with Crippen molar-refractivity contribution in [1.29, 1.82) is 0 Å². The summed E-state index contributed by atoms with van der Waals surface area (Å²) in [5.41, 5.74) is 2.09. The van der Waals surface area contributed by atoms with Crippen LogP contribution in [0.3, 0.4) is 0 Å². The fourth-order valence-corrected chi connectivity index (χ4v) is 3.61. The molecule has 0 bridgehead atoms. The Hall–Kier alpha value is -2.11. The summed E-state index contributed by atoms with van der Waals surface area (Å²) < 4.78 is 24.3. The second kappa shape index (κ2) is 9.72. The second-order valence-corrected chi connectivity index (χ2v) is 6.96. The van der Waals surface area contributed by atoms with Crippen molar-refractivity contribution in [2.24, 2.45) is 0 Å². The summed E-state index contributed by atoms with van der Waals surface area (Å²) in [7, 11) is 1.65. The fraction of sp³-hybridized carbons (Fsp3) is 0.455. The van der Waals surface area contributed by atoms with Crippen LogP contribution in [0, 0.1) is 5.82 Å². The van der Waals surface area contributed by atoms with Gasteiger partial charge in [0, 0.05) is 19.1 Å². The molecule has 1 saturated heterocycles. The maximum absolute atomic E-state index is 13.0. The number of methoxy groups -OCH3 is 1. The van der Waals surface area contributed by atoms with E-state index in [9.17, 15) is 4.39 Å². The van der Waals surface area contributed by atoms with Crippen LogP contribution in [0.1, 0.15) is 30.9 Å². The lowest BCUT2D eigenvalue weighted by atomic mass is 10.1. The molecule has 3 rings (SSSR count). The van der Waals surface area contributed by atoms with Crippen molar-refractivity contribution in [1.82, 2.24) is 10.2 Å². The number of nitrogens with zero attached hydrogens (tertiary/aromatic N) is 1. The molecule has 1 aliphatic heterocycles. The van der Waals surface area contributed by atoms with Crippen LogP contribution in [0.2, 0.25) is 0 Å². The first-order chi connectivity index (χ1) is 13.2. The minimum atomic E-state index is -0.243. The van der Waals surface area contributed by atoms with Gasteiger partial charge in [-0.3, -0.25) is 4.90 Å². The third-order valence-corrected chi connectivity index (χ3v) is 5.15. The summed E-state index contributed by atoms with van der Waals surface area (Å²) in [5.74, 6) is 1.17. The average Bonchev–Trinajstić information content (AvgIpc) is 3.15. The lowest BCUT2D eigenvalue weighted by Crippen LogP contribution is -2.37. The monoisotopic (exact) mass is 372 g/mol. The minimum absolute atomic E-state index is 0.243. The fourth-order valence-electron chi connectivity index (χ4n) is 3.61. The SMILES string of the molecule is CCN1CCCC1CNCc1ccc(OCc2ccc(F)cc2)c(OC)c1. The van der Waals surface area contributed by atoms with Gasteiger partial charge in [-0.2, -0.15) is 0 Å². The Morgan fingerprint density at radius 2 is 1.89 bits per heavy atom. The Morgan fingerprint density at radius 1 is 1.11 bits per heavy atom. The van der Waals surface area contributed by atoms with Gasteiger partial charge < -0.3 is 14.8 Å². The van der Waals surface area contributed by atoms with Crippen LogP contribution >= 0.6 is 0 Å². The van der Waals surface area contributed by atoms with E-state index < -0.39 is 0 Å². The third kappa shape index (κ3) is 5.44. The van der Waals surface area contributed by atoms with Crippen LogP contribution in [0.4, 0.5) is 4.39 Å². The topological polar surface area (TPSA) is 33.7 Å². The maximum Gasteiger partial charge on any atom is 0.161 e. The summed E-state index contributed by atoms with van der Waals surface area (Å²) in [6.45, 7) is 6.77. The summed E-state index contributed by atoms with van der Waals surface area (Å²) in [6, 6.07) is 13.0. The molecule has 1 heterocycles. The molecule has 0 spiro atoms. The Kier molecular flexibility index (Phi) is 7.07. The summed E-state index contributed by atoms with van der Waals surface area (Å²) in [4.78, 5) is 2.54. The highest BCUT2D eigenvalue weighted by Gasteiger charge is 2.22. The highest BCUT2D eigenvalue weighted by molar-refractivity contribution is 5.43. The van der Waals surface area contributed by atoms with Gasteiger partial charge >= 0.3 is 0 Å². The molecule has 4 nitrogen and oxygen atoms in total. The maximum atomic E-state index is 13.0. The number of rotatable bonds is 9. The lowest BCUT2D eigenvalue weighted by Gasteiger charge is -2.23. The summed E-state index contributed by atoms with van der Waals surface area (Å²) >= 11 is 0. The lowest BCUT2D eigenvalue weighted by molar-refractivity contribution is 0.260. The van der Waals surface area contributed by atoms with Crippen LogP contribution in [0.15, 0.2) is 42.5 Å². The van der Waals surface area contributed by atoms with E-state index in [1.165, 1.54) is 37.1 Å².